The fourth-order valence-electron chi connectivity index (χ4n) is 3.90. The second-order valence-electron chi connectivity index (χ2n) is 8.11. The third-order valence-electron chi connectivity index (χ3n) is 5.61. The van der Waals surface area contributed by atoms with Gasteiger partial charge in [-0.15, -0.1) is 0 Å². The first kappa shape index (κ1) is 20.8. The zero-order valence-corrected chi connectivity index (χ0v) is 17.5. The summed E-state index contributed by atoms with van der Waals surface area (Å²) < 4.78 is 20.3. The largest absolute Gasteiger partial charge is 0.446 e. The Balaban J connectivity index is 1.65. The summed E-state index contributed by atoms with van der Waals surface area (Å²) in [6.07, 6.45) is 4.46. The van der Waals surface area contributed by atoms with Crippen LogP contribution in [0.3, 0.4) is 0 Å². The van der Waals surface area contributed by atoms with E-state index in [1.807, 2.05) is 6.92 Å². The van der Waals surface area contributed by atoms with Crippen LogP contribution in [0.5, 0.6) is 0 Å². The van der Waals surface area contributed by atoms with Gasteiger partial charge in [-0.1, -0.05) is 0 Å². The zero-order valence-electron chi connectivity index (χ0n) is 17.5. The molecule has 1 saturated carbocycles. The van der Waals surface area contributed by atoms with Gasteiger partial charge < -0.3 is 20.9 Å². The molecule has 9 heteroatoms. The zero-order chi connectivity index (χ0) is 22.3. The molecule has 8 nitrogen and oxygen atoms in total. The van der Waals surface area contributed by atoms with E-state index in [2.05, 4.69) is 20.6 Å². The first-order valence-electron chi connectivity index (χ1n) is 9.89. The van der Waals surface area contributed by atoms with Crippen LogP contribution in [0.4, 0.5) is 26.4 Å². The lowest BCUT2D eigenvalue weighted by molar-refractivity contribution is -0.100. The van der Waals surface area contributed by atoms with Crippen LogP contribution in [0.15, 0.2) is 30.7 Å². The number of nitrogen functional groups attached to an aromatic ring is 1. The molecule has 1 fully saturated rings. The Hall–Kier alpha value is -3.46. The fourth-order valence-corrected chi connectivity index (χ4v) is 3.90. The minimum absolute atomic E-state index is 0.0277. The van der Waals surface area contributed by atoms with E-state index >= 15 is 4.39 Å². The molecule has 2 heterocycles. The standard InChI is InChI=1S/C22H24FN5O3/c1-11-15(8-26-10-17(11)25-3)14-4-12-5-18(27-9-16(12)20(24)19(14)23)28-21(29)31-13-6-22(2,30)7-13/h4-5,8-10,13,25,30H,6-7,24H2,1-3H3,(H,27,28,29). The van der Waals surface area contributed by atoms with Gasteiger partial charge in [0.2, 0.25) is 0 Å². The van der Waals surface area contributed by atoms with Crippen LogP contribution >= 0.6 is 0 Å². The predicted molar refractivity (Wildman–Crippen MR) is 117 cm³/mol. The number of hydrogen-bond donors (Lipinski definition) is 4. The molecule has 3 aromatic rings. The molecule has 2 aromatic heterocycles. The number of carbonyl (C=O) groups is 1. The summed E-state index contributed by atoms with van der Waals surface area (Å²) >= 11 is 0. The van der Waals surface area contributed by atoms with Crippen molar-refractivity contribution in [1.82, 2.24) is 9.97 Å². The maximum atomic E-state index is 15.1. The molecule has 4 rings (SSSR count). The average molecular weight is 425 g/mol. The Morgan fingerprint density at radius 1 is 1.29 bits per heavy atom. The second-order valence-corrected chi connectivity index (χ2v) is 8.11. The van der Waals surface area contributed by atoms with E-state index in [-0.39, 0.29) is 17.6 Å². The molecule has 1 aromatic carbocycles. The number of fused-ring (bicyclic) bond motifs is 1. The number of hydrogen-bond acceptors (Lipinski definition) is 7. The van der Waals surface area contributed by atoms with E-state index in [1.165, 1.54) is 6.20 Å². The highest BCUT2D eigenvalue weighted by molar-refractivity contribution is 5.99. The molecule has 1 aliphatic rings. The number of rotatable bonds is 4. The van der Waals surface area contributed by atoms with Crippen LogP contribution in [0, 0.1) is 12.7 Å². The first-order valence-corrected chi connectivity index (χ1v) is 9.89. The van der Waals surface area contributed by atoms with Crippen molar-refractivity contribution in [2.75, 3.05) is 23.4 Å². The van der Waals surface area contributed by atoms with Gasteiger partial charge in [-0.2, -0.15) is 0 Å². The number of benzene rings is 1. The Bertz CT molecular complexity index is 1170. The molecule has 0 radical (unpaired) electrons. The van der Waals surface area contributed by atoms with Gasteiger partial charge in [-0.25, -0.2) is 14.2 Å². The Morgan fingerprint density at radius 2 is 2.03 bits per heavy atom. The van der Waals surface area contributed by atoms with E-state index in [4.69, 9.17) is 10.5 Å². The van der Waals surface area contributed by atoms with E-state index in [0.29, 0.717) is 34.7 Å². The molecule has 31 heavy (non-hydrogen) atoms. The molecule has 0 bridgehead atoms. The van der Waals surface area contributed by atoms with Crippen LogP contribution in [-0.4, -0.2) is 39.9 Å². The summed E-state index contributed by atoms with van der Waals surface area (Å²) in [4.78, 5) is 20.5. The fraction of sp³-hybridized carbons (Fsp3) is 0.318. The Kier molecular flexibility index (Phi) is 5.14. The van der Waals surface area contributed by atoms with Crippen LogP contribution in [-0.2, 0) is 4.74 Å². The van der Waals surface area contributed by atoms with Crippen molar-refractivity contribution in [1.29, 1.82) is 0 Å². The van der Waals surface area contributed by atoms with E-state index < -0.39 is 17.5 Å². The molecular weight excluding hydrogens is 401 g/mol. The number of aliphatic hydroxyl groups is 1. The number of pyridine rings is 2. The number of aromatic nitrogens is 2. The van der Waals surface area contributed by atoms with Crippen molar-refractivity contribution >= 4 is 34.1 Å². The number of halogens is 1. The lowest BCUT2D eigenvalue weighted by atomic mass is 9.79. The minimum Gasteiger partial charge on any atom is -0.446 e. The van der Waals surface area contributed by atoms with Crippen LogP contribution in [0.2, 0.25) is 0 Å². The quantitative estimate of drug-likeness (QED) is 0.469. The van der Waals surface area contributed by atoms with Crippen molar-refractivity contribution in [3.8, 4) is 11.1 Å². The van der Waals surface area contributed by atoms with Gasteiger partial charge in [0.1, 0.15) is 11.9 Å². The third kappa shape index (κ3) is 3.96. The van der Waals surface area contributed by atoms with Crippen molar-refractivity contribution in [2.45, 2.75) is 38.4 Å². The number of nitrogens with two attached hydrogens (primary N) is 1. The number of nitrogens with one attached hydrogen (secondary N) is 2. The number of anilines is 3. The maximum absolute atomic E-state index is 15.1. The molecule has 5 N–H and O–H groups in total. The predicted octanol–water partition coefficient (Wildman–Crippen LogP) is 3.83. The summed E-state index contributed by atoms with van der Waals surface area (Å²) in [5.41, 5.74) is 7.78. The average Bonchev–Trinajstić information content (AvgIpc) is 2.69. The van der Waals surface area contributed by atoms with Gasteiger partial charge in [0.05, 0.1) is 23.2 Å². The number of carbonyl (C=O) groups excluding carboxylic acids is 1. The SMILES string of the molecule is CNc1cncc(-c2cc3cc(NC(=O)OC4CC(C)(O)C4)ncc3c(N)c2F)c1C. The molecule has 1 aliphatic carbocycles. The summed E-state index contributed by atoms with van der Waals surface area (Å²) in [6, 6.07) is 3.27. The van der Waals surface area contributed by atoms with Gasteiger partial charge in [0.25, 0.3) is 0 Å². The summed E-state index contributed by atoms with van der Waals surface area (Å²) in [7, 11) is 1.77. The van der Waals surface area contributed by atoms with Gasteiger partial charge in [0.15, 0.2) is 5.82 Å². The van der Waals surface area contributed by atoms with Gasteiger partial charge in [0, 0.05) is 48.8 Å². The van der Waals surface area contributed by atoms with Crippen LogP contribution in [0.1, 0.15) is 25.3 Å². The van der Waals surface area contributed by atoms with Crippen LogP contribution in [0.25, 0.3) is 21.9 Å². The molecule has 0 atom stereocenters. The number of nitrogens with zero attached hydrogens (tertiary/aromatic N) is 2. The summed E-state index contributed by atoms with van der Waals surface area (Å²) in [5.74, 6) is -0.302. The molecule has 162 valence electrons. The van der Waals surface area contributed by atoms with Gasteiger partial charge >= 0.3 is 6.09 Å². The van der Waals surface area contributed by atoms with E-state index in [9.17, 15) is 9.90 Å². The lowest BCUT2D eigenvalue weighted by Crippen LogP contribution is -2.47. The smallest absolute Gasteiger partial charge is 0.413 e. The molecule has 0 saturated heterocycles. The number of ether oxygens (including phenoxy) is 1. The highest BCUT2D eigenvalue weighted by Crippen LogP contribution is 2.37. The lowest BCUT2D eigenvalue weighted by Gasteiger charge is -2.39. The normalized spacial score (nSPS) is 20.2. The van der Waals surface area contributed by atoms with Gasteiger partial charge in [-0.3, -0.25) is 10.3 Å². The molecule has 0 aliphatic heterocycles. The number of amides is 1. The summed E-state index contributed by atoms with van der Waals surface area (Å²) in [6.45, 7) is 3.57. The first-order chi connectivity index (χ1) is 14.7. The maximum Gasteiger partial charge on any atom is 0.413 e. The molecular formula is C22H24FN5O3. The van der Waals surface area contributed by atoms with Crippen molar-refractivity contribution in [3.05, 3.63) is 42.1 Å². The summed E-state index contributed by atoms with van der Waals surface area (Å²) in [5, 5.41) is 16.4. The van der Waals surface area contributed by atoms with Crippen LogP contribution < -0.4 is 16.4 Å². The minimum atomic E-state index is -0.790. The monoisotopic (exact) mass is 425 g/mol. The molecule has 0 unspecified atom stereocenters. The van der Waals surface area contributed by atoms with Gasteiger partial charge in [-0.05, 0) is 36.9 Å². The van der Waals surface area contributed by atoms with Crippen molar-refractivity contribution in [3.63, 3.8) is 0 Å². The second kappa shape index (κ2) is 7.66. The molecule has 0 spiro atoms. The van der Waals surface area contributed by atoms with Crippen molar-refractivity contribution in [2.24, 2.45) is 0 Å². The van der Waals surface area contributed by atoms with E-state index in [1.54, 1.807) is 38.5 Å². The van der Waals surface area contributed by atoms with Crippen molar-refractivity contribution < 1.29 is 19.0 Å². The Morgan fingerprint density at radius 3 is 2.71 bits per heavy atom. The van der Waals surface area contributed by atoms with E-state index in [0.717, 1.165) is 11.3 Å². The topological polar surface area (TPSA) is 122 Å². The highest BCUT2D eigenvalue weighted by Gasteiger charge is 2.40. The molecule has 1 amide bonds. The third-order valence-corrected chi connectivity index (χ3v) is 5.61. The highest BCUT2D eigenvalue weighted by atomic mass is 19.1. The Labute approximate surface area is 178 Å².